The molecule has 0 amide bonds. The number of nitrogens with zero attached hydrogens (tertiary/aromatic N) is 3. The van der Waals surface area contributed by atoms with Crippen molar-refractivity contribution in [2.24, 2.45) is 4.99 Å². The van der Waals surface area contributed by atoms with Crippen LogP contribution in [0.1, 0.15) is 44.2 Å². The molecule has 1 heterocycles. The lowest BCUT2D eigenvalue weighted by Crippen LogP contribution is -2.45. The summed E-state index contributed by atoms with van der Waals surface area (Å²) in [6, 6.07) is 8.99. The highest BCUT2D eigenvalue weighted by Gasteiger charge is 2.15. The van der Waals surface area contributed by atoms with Crippen LogP contribution in [0.2, 0.25) is 0 Å². The average molecular weight is 487 g/mol. The van der Waals surface area contributed by atoms with E-state index in [1.807, 2.05) is 7.05 Å². The third kappa shape index (κ3) is 9.25. The lowest BCUT2D eigenvalue weighted by atomic mass is 10.1. The molecule has 0 aromatic heterocycles. The van der Waals surface area contributed by atoms with E-state index < -0.39 is 0 Å². The van der Waals surface area contributed by atoms with Crippen molar-refractivity contribution in [3.63, 3.8) is 0 Å². The third-order valence-electron chi connectivity index (χ3n) is 5.10. The van der Waals surface area contributed by atoms with Crippen molar-refractivity contribution in [3.8, 4) is 0 Å². The van der Waals surface area contributed by atoms with Gasteiger partial charge < -0.3 is 15.5 Å². The summed E-state index contributed by atoms with van der Waals surface area (Å²) in [5.41, 5.74) is 2.70. The quantitative estimate of drug-likeness (QED) is 0.243. The smallest absolute Gasteiger partial charge is 0.191 e. The summed E-state index contributed by atoms with van der Waals surface area (Å²) < 4.78 is 0. The molecule has 1 aromatic carbocycles. The largest absolute Gasteiger partial charge is 0.356 e. The van der Waals surface area contributed by atoms with Gasteiger partial charge in [-0.2, -0.15) is 0 Å². The number of piperazine rings is 1. The topological polar surface area (TPSA) is 42.9 Å². The molecule has 5 nitrogen and oxygen atoms in total. The molecule has 27 heavy (non-hydrogen) atoms. The first kappa shape index (κ1) is 24.2. The van der Waals surface area contributed by atoms with Crippen LogP contribution in [0.25, 0.3) is 0 Å². The second-order valence-electron chi connectivity index (χ2n) is 7.09. The molecule has 0 saturated carbocycles. The van der Waals surface area contributed by atoms with Crippen molar-refractivity contribution in [2.75, 3.05) is 46.3 Å². The van der Waals surface area contributed by atoms with Gasteiger partial charge >= 0.3 is 0 Å². The standard InChI is InChI=1S/C21H37N5.HI/c1-4-6-7-12-23-21(22-3)24-17-19-8-10-20(11-9-19)18-26-15-13-25(5-2)14-16-26;/h8-11H,4-7,12-18H2,1-3H3,(H2,22,23,24);1H. The number of hydrogen-bond donors (Lipinski definition) is 2. The molecule has 0 bridgehead atoms. The van der Waals surface area contributed by atoms with Crippen LogP contribution >= 0.6 is 24.0 Å². The normalized spacial score (nSPS) is 16.0. The number of rotatable bonds is 9. The Hall–Kier alpha value is -0.860. The van der Waals surface area contributed by atoms with Crippen molar-refractivity contribution in [2.45, 2.75) is 46.2 Å². The molecule has 0 atom stereocenters. The van der Waals surface area contributed by atoms with E-state index in [0.717, 1.165) is 25.6 Å². The van der Waals surface area contributed by atoms with Crippen LogP contribution in [0.5, 0.6) is 0 Å². The lowest BCUT2D eigenvalue weighted by molar-refractivity contribution is 0.132. The summed E-state index contributed by atoms with van der Waals surface area (Å²) in [7, 11) is 1.83. The highest BCUT2D eigenvalue weighted by atomic mass is 127. The zero-order valence-electron chi connectivity index (χ0n) is 17.3. The van der Waals surface area contributed by atoms with Crippen molar-refractivity contribution in [1.29, 1.82) is 0 Å². The summed E-state index contributed by atoms with van der Waals surface area (Å²) in [4.78, 5) is 9.37. The highest BCUT2D eigenvalue weighted by Crippen LogP contribution is 2.10. The Labute approximate surface area is 183 Å². The van der Waals surface area contributed by atoms with Gasteiger partial charge in [-0.25, -0.2) is 0 Å². The number of likely N-dealkylation sites (N-methyl/N-ethyl adjacent to an activating group) is 1. The van der Waals surface area contributed by atoms with E-state index in [1.54, 1.807) is 0 Å². The van der Waals surface area contributed by atoms with E-state index in [2.05, 4.69) is 63.5 Å². The van der Waals surface area contributed by atoms with Gasteiger partial charge in [-0.15, -0.1) is 24.0 Å². The molecule has 1 aliphatic heterocycles. The van der Waals surface area contributed by atoms with Crippen molar-refractivity contribution < 1.29 is 0 Å². The van der Waals surface area contributed by atoms with Gasteiger partial charge in [0.25, 0.3) is 0 Å². The van der Waals surface area contributed by atoms with Crippen LogP contribution < -0.4 is 10.6 Å². The number of nitrogens with one attached hydrogen (secondary N) is 2. The Kier molecular flexibility index (Phi) is 12.7. The molecule has 0 spiro atoms. The van der Waals surface area contributed by atoms with Gasteiger partial charge in [0, 0.05) is 52.9 Å². The summed E-state index contributed by atoms with van der Waals surface area (Å²) in [5.74, 6) is 0.888. The fraction of sp³-hybridized carbons (Fsp3) is 0.667. The van der Waals surface area contributed by atoms with E-state index in [1.165, 1.54) is 63.1 Å². The van der Waals surface area contributed by atoms with Crippen LogP contribution in [0.3, 0.4) is 0 Å². The molecule has 0 unspecified atom stereocenters. The van der Waals surface area contributed by atoms with Crippen LogP contribution in [0, 0.1) is 0 Å². The van der Waals surface area contributed by atoms with Crippen molar-refractivity contribution in [3.05, 3.63) is 35.4 Å². The molecular weight excluding hydrogens is 449 g/mol. The molecule has 2 N–H and O–H groups in total. The number of aliphatic imine (C=N–C) groups is 1. The molecule has 154 valence electrons. The lowest BCUT2D eigenvalue weighted by Gasteiger charge is -2.34. The monoisotopic (exact) mass is 487 g/mol. The molecule has 1 aliphatic rings. The third-order valence-corrected chi connectivity index (χ3v) is 5.10. The maximum atomic E-state index is 4.29. The van der Waals surface area contributed by atoms with E-state index >= 15 is 0 Å². The van der Waals surface area contributed by atoms with Crippen LogP contribution in [-0.4, -0.2) is 62.1 Å². The van der Waals surface area contributed by atoms with E-state index in [9.17, 15) is 0 Å². The molecule has 0 radical (unpaired) electrons. The van der Waals surface area contributed by atoms with Gasteiger partial charge in [0.2, 0.25) is 0 Å². The minimum absolute atomic E-state index is 0. The van der Waals surface area contributed by atoms with Crippen LogP contribution in [-0.2, 0) is 13.1 Å². The number of benzene rings is 1. The van der Waals surface area contributed by atoms with Gasteiger partial charge in [-0.3, -0.25) is 9.89 Å². The summed E-state index contributed by atoms with van der Waals surface area (Å²) >= 11 is 0. The fourth-order valence-corrected chi connectivity index (χ4v) is 3.27. The summed E-state index contributed by atoms with van der Waals surface area (Å²) in [5, 5.41) is 6.77. The Bertz CT molecular complexity index is 524. The first-order valence-electron chi connectivity index (χ1n) is 10.2. The zero-order chi connectivity index (χ0) is 18.6. The van der Waals surface area contributed by atoms with Crippen LogP contribution in [0.4, 0.5) is 0 Å². The first-order valence-corrected chi connectivity index (χ1v) is 10.2. The minimum Gasteiger partial charge on any atom is -0.356 e. The Morgan fingerprint density at radius 2 is 1.56 bits per heavy atom. The molecule has 1 fully saturated rings. The van der Waals surface area contributed by atoms with Gasteiger partial charge in [0.15, 0.2) is 5.96 Å². The Balaban J connectivity index is 0.00000364. The van der Waals surface area contributed by atoms with E-state index in [0.29, 0.717) is 0 Å². The average Bonchev–Trinajstić information content (AvgIpc) is 2.69. The zero-order valence-corrected chi connectivity index (χ0v) is 19.7. The predicted molar refractivity (Wildman–Crippen MR) is 127 cm³/mol. The molecule has 6 heteroatoms. The maximum absolute atomic E-state index is 4.29. The SMILES string of the molecule is CCCCCNC(=NC)NCc1ccc(CN2CCN(CC)CC2)cc1.I. The Morgan fingerprint density at radius 1 is 0.926 bits per heavy atom. The highest BCUT2D eigenvalue weighted by molar-refractivity contribution is 14.0. The fourth-order valence-electron chi connectivity index (χ4n) is 3.27. The first-order chi connectivity index (χ1) is 12.7. The number of guanidine groups is 1. The molecule has 1 aromatic rings. The number of unbranched alkanes of at least 4 members (excludes halogenated alkanes) is 2. The van der Waals surface area contributed by atoms with Gasteiger partial charge in [0.05, 0.1) is 0 Å². The summed E-state index contributed by atoms with van der Waals surface area (Å²) in [6.07, 6.45) is 3.70. The Morgan fingerprint density at radius 3 is 2.15 bits per heavy atom. The van der Waals surface area contributed by atoms with Crippen molar-refractivity contribution >= 4 is 29.9 Å². The number of hydrogen-bond acceptors (Lipinski definition) is 3. The van der Waals surface area contributed by atoms with Crippen molar-refractivity contribution in [1.82, 2.24) is 20.4 Å². The maximum Gasteiger partial charge on any atom is 0.191 e. The minimum atomic E-state index is 0. The molecule has 2 rings (SSSR count). The predicted octanol–water partition coefficient (Wildman–Crippen LogP) is 3.30. The van der Waals surface area contributed by atoms with E-state index in [4.69, 9.17) is 0 Å². The molecule has 1 saturated heterocycles. The molecule has 0 aliphatic carbocycles. The van der Waals surface area contributed by atoms with E-state index in [-0.39, 0.29) is 24.0 Å². The van der Waals surface area contributed by atoms with Crippen LogP contribution in [0.15, 0.2) is 29.3 Å². The van der Waals surface area contributed by atoms with Gasteiger partial charge in [0.1, 0.15) is 0 Å². The second kappa shape index (κ2) is 14.2. The second-order valence-corrected chi connectivity index (χ2v) is 7.09. The number of halogens is 1. The van der Waals surface area contributed by atoms with Gasteiger partial charge in [-0.05, 0) is 24.1 Å². The van der Waals surface area contributed by atoms with Gasteiger partial charge in [-0.1, -0.05) is 51.0 Å². The molecular formula is C21H38IN5. The summed E-state index contributed by atoms with van der Waals surface area (Å²) in [6.45, 7) is 13.2.